The molecule has 0 N–H and O–H groups in total. The summed E-state index contributed by atoms with van der Waals surface area (Å²) in [5.41, 5.74) is 0. The number of hydrogen-bond acceptors (Lipinski definition) is 0. The van der Waals surface area contributed by atoms with Gasteiger partial charge in [-0.2, -0.15) is 13.2 Å². The van der Waals surface area contributed by atoms with Crippen molar-refractivity contribution in [3.8, 4) is 0 Å². The molecule has 0 aromatic carbocycles. The Kier molecular flexibility index (Phi) is 7.10. The molecule has 1 aliphatic rings. The van der Waals surface area contributed by atoms with Crippen LogP contribution >= 0.6 is 0 Å². The molecular weight excluding hydrogens is 237 g/mol. The van der Waals surface area contributed by atoms with Gasteiger partial charge in [-0.1, -0.05) is 58.3 Å². The van der Waals surface area contributed by atoms with E-state index in [1.54, 1.807) is 0 Å². The Hall–Kier alpha value is -0.210. The second-order valence-electron chi connectivity index (χ2n) is 5.75. The monoisotopic (exact) mass is 264 g/mol. The van der Waals surface area contributed by atoms with Crippen molar-refractivity contribution in [2.75, 3.05) is 0 Å². The predicted octanol–water partition coefficient (Wildman–Crippen LogP) is 6.11. The lowest BCUT2D eigenvalue weighted by atomic mass is 9.86. The Bertz CT molecular complexity index is 204. The molecule has 108 valence electrons. The van der Waals surface area contributed by atoms with Crippen LogP contribution in [0.5, 0.6) is 0 Å². The fraction of sp³-hybridized carbons (Fsp3) is 1.00. The molecule has 0 bridgehead atoms. The summed E-state index contributed by atoms with van der Waals surface area (Å²) in [5.74, 6) is -1.10. The summed E-state index contributed by atoms with van der Waals surface area (Å²) in [6.45, 7) is 2.15. The number of halogens is 3. The molecule has 1 atom stereocenters. The molecular formula is C15H27F3. The van der Waals surface area contributed by atoms with E-state index >= 15 is 0 Å². The minimum atomic E-state index is -3.97. The smallest absolute Gasteiger partial charge is 0.171 e. The van der Waals surface area contributed by atoms with Gasteiger partial charge in [0, 0.05) is 0 Å². The second-order valence-corrected chi connectivity index (χ2v) is 5.75. The van der Waals surface area contributed by atoms with Crippen LogP contribution in [-0.2, 0) is 0 Å². The van der Waals surface area contributed by atoms with E-state index in [0.717, 1.165) is 44.9 Å². The van der Waals surface area contributed by atoms with Crippen LogP contribution < -0.4 is 0 Å². The second kappa shape index (κ2) is 8.06. The third-order valence-corrected chi connectivity index (χ3v) is 4.26. The molecule has 0 radical (unpaired) electrons. The average molecular weight is 264 g/mol. The summed E-state index contributed by atoms with van der Waals surface area (Å²) >= 11 is 0. The van der Waals surface area contributed by atoms with Gasteiger partial charge in [0.15, 0.2) is 0 Å². The average Bonchev–Trinajstić information content (AvgIpc) is 2.79. The third kappa shape index (κ3) is 5.62. The Morgan fingerprint density at radius 1 is 0.944 bits per heavy atom. The lowest BCUT2D eigenvalue weighted by Crippen LogP contribution is -2.29. The molecule has 0 aromatic heterocycles. The van der Waals surface area contributed by atoms with Gasteiger partial charge in [0.2, 0.25) is 0 Å². The molecule has 0 aromatic rings. The standard InChI is InChI=1S/C15H27F3/c1-2-3-4-5-6-7-12-14(15(16,17)18)13-10-8-9-11-13/h13-14H,2-12H2,1H3. The van der Waals surface area contributed by atoms with Gasteiger partial charge in [-0.15, -0.1) is 0 Å². The van der Waals surface area contributed by atoms with Crippen LogP contribution in [0.2, 0.25) is 0 Å². The summed E-state index contributed by atoms with van der Waals surface area (Å²) in [6, 6.07) is 0. The van der Waals surface area contributed by atoms with Gasteiger partial charge >= 0.3 is 6.18 Å². The van der Waals surface area contributed by atoms with Crippen molar-refractivity contribution >= 4 is 0 Å². The van der Waals surface area contributed by atoms with Crippen molar-refractivity contribution in [2.45, 2.75) is 83.7 Å². The van der Waals surface area contributed by atoms with Crippen LogP contribution in [0, 0.1) is 11.8 Å². The Balaban J connectivity index is 2.24. The highest BCUT2D eigenvalue weighted by atomic mass is 19.4. The normalized spacial score (nSPS) is 19.3. The molecule has 0 spiro atoms. The van der Waals surface area contributed by atoms with E-state index in [4.69, 9.17) is 0 Å². The maximum Gasteiger partial charge on any atom is 0.392 e. The van der Waals surface area contributed by atoms with E-state index in [-0.39, 0.29) is 5.92 Å². The number of rotatable bonds is 8. The largest absolute Gasteiger partial charge is 0.392 e. The summed E-state index contributed by atoms with van der Waals surface area (Å²) in [5, 5.41) is 0. The molecule has 0 amide bonds. The van der Waals surface area contributed by atoms with Crippen LogP contribution in [0.15, 0.2) is 0 Å². The van der Waals surface area contributed by atoms with Crippen LogP contribution in [0.4, 0.5) is 13.2 Å². The highest BCUT2D eigenvalue weighted by Gasteiger charge is 2.44. The van der Waals surface area contributed by atoms with Crippen molar-refractivity contribution < 1.29 is 13.2 Å². The molecule has 0 heterocycles. The van der Waals surface area contributed by atoms with Gasteiger partial charge < -0.3 is 0 Å². The van der Waals surface area contributed by atoms with Gasteiger partial charge in [0.25, 0.3) is 0 Å². The molecule has 1 aliphatic carbocycles. The third-order valence-electron chi connectivity index (χ3n) is 4.26. The van der Waals surface area contributed by atoms with Gasteiger partial charge in [-0.05, 0) is 25.2 Å². The van der Waals surface area contributed by atoms with Crippen LogP contribution in [-0.4, -0.2) is 6.18 Å². The van der Waals surface area contributed by atoms with Gasteiger partial charge in [-0.3, -0.25) is 0 Å². The van der Waals surface area contributed by atoms with E-state index in [1.807, 2.05) is 0 Å². The van der Waals surface area contributed by atoms with E-state index < -0.39 is 12.1 Å². The summed E-state index contributed by atoms with van der Waals surface area (Å²) in [4.78, 5) is 0. The van der Waals surface area contributed by atoms with Crippen LogP contribution in [0.3, 0.4) is 0 Å². The number of unbranched alkanes of at least 4 members (excludes halogenated alkanes) is 5. The van der Waals surface area contributed by atoms with Crippen molar-refractivity contribution in [2.24, 2.45) is 11.8 Å². The number of hydrogen-bond donors (Lipinski definition) is 0. The Labute approximate surface area is 109 Å². The first kappa shape index (κ1) is 15.8. The van der Waals surface area contributed by atoms with E-state index in [1.165, 1.54) is 19.3 Å². The van der Waals surface area contributed by atoms with Crippen molar-refractivity contribution in [1.82, 2.24) is 0 Å². The van der Waals surface area contributed by atoms with E-state index in [9.17, 15) is 13.2 Å². The summed E-state index contributed by atoms with van der Waals surface area (Å²) in [6.07, 6.45) is 6.36. The van der Waals surface area contributed by atoms with Crippen molar-refractivity contribution in [1.29, 1.82) is 0 Å². The zero-order valence-corrected chi connectivity index (χ0v) is 11.6. The molecule has 0 nitrogen and oxygen atoms in total. The first-order valence-corrected chi connectivity index (χ1v) is 7.62. The lowest BCUT2D eigenvalue weighted by Gasteiger charge is -2.26. The SMILES string of the molecule is CCCCCCCCC(C1CCCC1)C(F)(F)F. The fourth-order valence-corrected chi connectivity index (χ4v) is 3.17. The minimum Gasteiger partial charge on any atom is -0.171 e. The molecule has 1 unspecified atom stereocenters. The fourth-order valence-electron chi connectivity index (χ4n) is 3.17. The molecule has 1 fully saturated rings. The molecule has 1 saturated carbocycles. The first-order chi connectivity index (χ1) is 8.55. The molecule has 0 aliphatic heterocycles. The maximum absolute atomic E-state index is 13.0. The van der Waals surface area contributed by atoms with Crippen LogP contribution in [0.1, 0.15) is 77.6 Å². The Morgan fingerprint density at radius 2 is 1.50 bits per heavy atom. The molecule has 0 saturated heterocycles. The molecule has 1 rings (SSSR count). The highest BCUT2D eigenvalue weighted by Crippen LogP contribution is 2.43. The zero-order valence-electron chi connectivity index (χ0n) is 11.6. The minimum absolute atomic E-state index is 0.0827. The van der Waals surface area contributed by atoms with Gasteiger partial charge in [0.05, 0.1) is 5.92 Å². The van der Waals surface area contributed by atoms with Gasteiger partial charge in [0.1, 0.15) is 0 Å². The quantitative estimate of drug-likeness (QED) is 0.464. The van der Waals surface area contributed by atoms with E-state index in [2.05, 4.69) is 6.92 Å². The lowest BCUT2D eigenvalue weighted by molar-refractivity contribution is -0.190. The molecule has 3 heteroatoms. The van der Waals surface area contributed by atoms with Crippen molar-refractivity contribution in [3.05, 3.63) is 0 Å². The zero-order chi connectivity index (χ0) is 13.4. The number of alkyl halides is 3. The summed E-state index contributed by atoms with van der Waals surface area (Å²) in [7, 11) is 0. The summed E-state index contributed by atoms with van der Waals surface area (Å²) < 4.78 is 39.0. The van der Waals surface area contributed by atoms with E-state index in [0.29, 0.717) is 6.42 Å². The topological polar surface area (TPSA) is 0 Å². The first-order valence-electron chi connectivity index (χ1n) is 7.62. The maximum atomic E-state index is 13.0. The molecule has 18 heavy (non-hydrogen) atoms. The Morgan fingerprint density at radius 3 is 2.06 bits per heavy atom. The predicted molar refractivity (Wildman–Crippen MR) is 69.5 cm³/mol. The van der Waals surface area contributed by atoms with Crippen LogP contribution in [0.25, 0.3) is 0 Å². The highest BCUT2D eigenvalue weighted by molar-refractivity contribution is 4.80. The van der Waals surface area contributed by atoms with Gasteiger partial charge in [-0.25, -0.2) is 0 Å². The van der Waals surface area contributed by atoms with Crippen molar-refractivity contribution in [3.63, 3.8) is 0 Å².